The van der Waals surface area contributed by atoms with Crippen LogP contribution in [0.5, 0.6) is 0 Å². The Morgan fingerprint density at radius 1 is 1.37 bits per heavy atom. The Kier molecular flexibility index (Phi) is 5.13. The second-order valence-electron chi connectivity index (χ2n) is 4.35. The zero-order valence-corrected chi connectivity index (χ0v) is 12.8. The highest BCUT2D eigenvalue weighted by molar-refractivity contribution is 9.10. The molecule has 0 unspecified atom stereocenters. The third-order valence-electron chi connectivity index (χ3n) is 2.82. The largest absolute Gasteiger partial charge is 0.383 e. The molecule has 0 bridgehead atoms. The van der Waals surface area contributed by atoms with Crippen LogP contribution in [0.15, 0.2) is 34.9 Å². The molecule has 4 nitrogen and oxygen atoms in total. The molecule has 0 spiro atoms. The van der Waals surface area contributed by atoms with E-state index in [1.54, 1.807) is 7.11 Å². The highest BCUT2D eigenvalue weighted by atomic mass is 79.9. The molecule has 0 saturated heterocycles. The van der Waals surface area contributed by atoms with Crippen molar-refractivity contribution in [2.24, 2.45) is 0 Å². The number of aromatic nitrogens is 2. The van der Waals surface area contributed by atoms with Gasteiger partial charge in [0.15, 0.2) is 0 Å². The summed E-state index contributed by atoms with van der Waals surface area (Å²) in [6.45, 7) is 4.38. The molecule has 1 heterocycles. The number of halogens is 1. The molecule has 0 saturated carbocycles. The van der Waals surface area contributed by atoms with Gasteiger partial charge in [0.2, 0.25) is 0 Å². The number of hydrogen-bond donors (Lipinski definition) is 1. The van der Waals surface area contributed by atoms with Crippen molar-refractivity contribution in [3.05, 3.63) is 46.2 Å². The van der Waals surface area contributed by atoms with Gasteiger partial charge in [-0.25, -0.2) is 4.68 Å². The van der Waals surface area contributed by atoms with Gasteiger partial charge in [-0.15, -0.1) is 0 Å². The summed E-state index contributed by atoms with van der Waals surface area (Å²) < 4.78 is 7.97. The molecule has 0 aliphatic heterocycles. The topological polar surface area (TPSA) is 39.1 Å². The van der Waals surface area contributed by atoms with Crippen LogP contribution in [0, 0.1) is 6.92 Å². The molecule has 0 amide bonds. The number of benzene rings is 1. The molecular formula is C14H18BrN3O. The second kappa shape index (κ2) is 6.84. The van der Waals surface area contributed by atoms with Gasteiger partial charge in [-0.2, -0.15) is 5.10 Å². The monoisotopic (exact) mass is 323 g/mol. The average Bonchev–Trinajstić information content (AvgIpc) is 2.83. The van der Waals surface area contributed by atoms with Crippen LogP contribution in [0.1, 0.15) is 11.3 Å². The number of rotatable bonds is 6. The first-order chi connectivity index (χ1) is 9.20. The lowest BCUT2D eigenvalue weighted by atomic mass is 10.2. The Morgan fingerprint density at radius 2 is 2.21 bits per heavy atom. The van der Waals surface area contributed by atoms with E-state index in [0.717, 1.165) is 35.6 Å². The summed E-state index contributed by atoms with van der Waals surface area (Å²) in [6.07, 6.45) is 1.97. The van der Waals surface area contributed by atoms with Gasteiger partial charge in [-0.3, -0.25) is 0 Å². The van der Waals surface area contributed by atoms with Crippen molar-refractivity contribution >= 4 is 15.9 Å². The van der Waals surface area contributed by atoms with Gasteiger partial charge in [0, 0.05) is 30.9 Å². The molecule has 0 atom stereocenters. The second-order valence-corrected chi connectivity index (χ2v) is 5.20. The van der Waals surface area contributed by atoms with Crippen molar-refractivity contribution in [2.45, 2.75) is 13.5 Å². The summed E-state index contributed by atoms with van der Waals surface area (Å²) in [4.78, 5) is 0. The fourth-order valence-electron chi connectivity index (χ4n) is 1.78. The highest BCUT2D eigenvalue weighted by Gasteiger charge is 2.03. The van der Waals surface area contributed by atoms with Gasteiger partial charge in [-0.1, -0.05) is 22.0 Å². The molecule has 0 fully saturated rings. The number of nitrogens with one attached hydrogen (secondary N) is 1. The molecule has 0 aliphatic rings. The Morgan fingerprint density at radius 3 is 2.84 bits per heavy atom. The normalized spacial score (nSPS) is 10.9. The lowest BCUT2D eigenvalue weighted by Crippen LogP contribution is -2.18. The quantitative estimate of drug-likeness (QED) is 0.831. The smallest absolute Gasteiger partial charge is 0.0657 e. The van der Waals surface area contributed by atoms with Crippen LogP contribution in [0.2, 0.25) is 0 Å². The summed E-state index contributed by atoms with van der Waals surface area (Å²) in [5.41, 5.74) is 3.30. The summed E-state index contributed by atoms with van der Waals surface area (Å²) in [7, 11) is 1.71. The number of hydrogen-bond acceptors (Lipinski definition) is 3. The number of nitrogens with zero attached hydrogens (tertiary/aromatic N) is 2. The summed E-state index contributed by atoms with van der Waals surface area (Å²) in [5, 5.41) is 7.73. The van der Waals surface area contributed by atoms with E-state index in [1.165, 1.54) is 5.56 Å². The van der Waals surface area contributed by atoms with E-state index < -0.39 is 0 Å². The first-order valence-electron chi connectivity index (χ1n) is 6.21. The zero-order valence-electron chi connectivity index (χ0n) is 11.2. The minimum absolute atomic E-state index is 0.724. The SMILES string of the molecule is COCCNCc1ccc(-n2ccc(C)n2)cc1Br. The van der Waals surface area contributed by atoms with Gasteiger partial charge in [-0.05, 0) is 30.7 Å². The Bertz CT molecular complexity index is 539. The number of aryl methyl sites for hydroxylation is 1. The van der Waals surface area contributed by atoms with E-state index in [2.05, 4.69) is 44.5 Å². The van der Waals surface area contributed by atoms with Crippen molar-refractivity contribution in [1.29, 1.82) is 0 Å². The molecule has 1 aromatic carbocycles. The molecule has 5 heteroatoms. The van der Waals surface area contributed by atoms with Crippen LogP contribution in [-0.2, 0) is 11.3 Å². The minimum Gasteiger partial charge on any atom is -0.383 e. The molecule has 0 aliphatic carbocycles. The first kappa shape index (κ1) is 14.2. The van der Waals surface area contributed by atoms with Gasteiger partial charge < -0.3 is 10.1 Å². The van der Waals surface area contributed by atoms with E-state index in [0.29, 0.717) is 0 Å². The van der Waals surface area contributed by atoms with Crippen LogP contribution in [0.4, 0.5) is 0 Å². The van der Waals surface area contributed by atoms with E-state index in [4.69, 9.17) is 4.74 Å². The first-order valence-corrected chi connectivity index (χ1v) is 7.01. The fraction of sp³-hybridized carbons (Fsp3) is 0.357. The Balaban J connectivity index is 2.04. The van der Waals surface area contributed by atoms with E-state index >= 15 is 0 Å². The fourth-order valence-corrected chi connectivity index (χ4v) is 2.29. The third-order valence-corrected chi connectivity index (χ3v) is 3.56. The van der Waals surface area contributed by atoms with Gasteiger partial charge in [0.25, 0.3) is 0 Å². The van der Waals surface area contributed by atoms with Crippen molar-refractivity contribution in [3.63, 3.8) is 0 Å². The zero-order chi connectivity index (χ0) is 13.7. The molecule has 1 N–H and O–H groups in total. The van der Waals surface area contributed by atoms with Crippen molar-refractivity contribution in [2.75, 3.05) is 20.3 Å². The van der Waals surface area contributed by atoms with E-state index in [1.807, 2.05) is 23.9 Å². The molecule has 1 aromatic heterocycles. The molecule has 2 aromatic rings. The van der Waals surface area contributed by atoms with Gasteiger partial charge in [0.05, 0.1) is 18.0 Å². The van der Waals surface area contributed by atoms with Crippen LogP contribution < -0.4 is 5.32 Å². The predicted octanol–water partition coefficient (Wildman–Crippen LogP) is 2.68. The van der Waals surface area contributed by atoms with Gasteiger partial charge >= 0.3 is 0 Å². The van der Waals surface area contributed by atoms with E-state index in [-0.39, 0.29) is 0 Å². The minimum atomic E-state index is 0.724. The van der Waals surface area contributed by atoms with Crippen LogP contribution in [-0.4, -0.2) is 30.0 Å². The molecule has 19 heavy (non-hydrogen) atoms. The number of methoxy groups -OCH3 is 1. The molecular weight excluding hydrogens is 306 g/mol. The third kappa shape index (κ3) is 3.89. The Labute approximate surface area is 121 Å². The van der Waals surface area contributed by atoms with Crippen LogP contribution in [0.3, 0.4) is 0 Å². The number of ether oxygens (including phenoxy) is 1. The molecule has 0 radical (unpaired) electrons. The van der Waals surface area contributed by atoms with Crippen LogP contribution >= 0.6 is 15.9 Å². The summed E-state index contributed by atoms with van der Waals surface area (Å²) in [6, 6.07) is 8.26. The van der Waals surface area contributed by atoms with Crippen molar-refractivity contribution in [1.82, 2.24) is 15.1 Å². The summed E-state index contributed by atoms with van der Waals surface area (Å²) >= 11 is 3.61. The van der Waals surface area contributed by atoms with Crippen molar-refractivity contribution < 1.29 is 4.74 Å². The lowest BCUT2D eigenvalue weighted by Gasteiger charge is -2.09. The van der Waals surface area contributed by atoms with E-state index in [9.17, 15) is 0 Å². The lowest BCUT2D eigenvalue weighted by molar-refractivity contribution is 0.199. The average molecular weight is 324 g/mol. The van der Waals surface area contributed by atoms with Crippen molar-refractivity contribution in [3.8, 4) is 5.69 Å². The molecule has 2 rings (SSSR count). The molecule has 102 valence electrons. The predicted molar refractivity (Wildman–Crippen MR) is 79.6 cm³/mol. The maximum absolute atomic E-state index is 5.00. The standard InChI is InChI=1S/C14H18BrN3O/c1-11-5-7-18(17-11)13-4-3-12(14(15)9-13)10-16-6-8-19-2/h3-5,7,9,16H,6,8,10H2,1-2H3. The van der Waals surface area contributed by atoms with Crippen LogP contribution in [0.25, 0.3) is 5.69 Å². The highest BCUT2D eigenvalue weighted by Crippen LogP contribution is 2.20. The Hall–Kier alpha value is -1.17. The summed E-state index contributed by atoms with van der Waals surface area (Å²) in [5.74, 6) is 0. The maximum atomic E-state index is 5.00. The maximum Gasteiger partial charge on any atom is 0.0657 e. The van der Waals surface area contributed by atoms with Gasteiger partial charge in [0.1, 0.15) is 0 Å².